The number of phenolic OH excluding ortho intramolecular Hbond substituents is 1. The number of carbonyl (C=O) groups is 1. The normalized spacial score (nSPS) is 16.3. The van der Waals surface area contributed by atoms with Crippen LogP contribution in [0.4, 0.5) is 0 Å². The highest BCUT2D eigenvalue weighted by molar-refractivity contribution is 9.11. The minimum Gasteiger partial charge on any atom is -0.508 e. The Balaban J connectivity index is 1.59. The molecule has 2 aromatic rings. The van der Waals surface area contributed by atoms with Crippen LogP contribution in [0.5, 0.6) is 5.75 Å². The van der Waals surface area contributed by atoms with Gasteiger partial charge in [-0.3, -0.25) is 4.79 Å². The van der Waals surface area contributed by atoms with E-state index in [2.05, 4.69) is 35.1 Å². The molecule has 0 spiro atoms. The number of ether oxygens (including phenoxy) is 1. The standard InChI is InChI=1S/C25H27BrClNO3/c1-16(2)20-10-18(8-9-24(20)29)11-21-22(26)12-19(13-23(21)27)31-15-25(30)28-14-17-6-4-3-5-7-17/h3-10,12,16,23,29H,11,13-15H2,1-2H3,(H,28,30). The summed E-state index contributed by atoms with van der Waals surface area (Å²) in [5.74, 6) is 1.06. The number of phenols is 1. The van der Waals surface area contributed by atoms with E-state index in [1.807, 2.05) is 48.5 Å². The molecule has 0 aliphatic heterocycles. The Hall–Kier alpha value is -2.24. The number of allylic oxidation sites excluding steroid dienone is 4. The average Bonchev–Trinajstić information content (AvgIpc) is 2.75. The molecule has 1 aliphatic carbocycles. The van der Waals surface area contributed by atoms with Gasteiger partial charge in [0.15, 0.2) is 6.61 Å². The topological polar surface area (TPSA) is 58.6 Å². The van der Waals surface area contributed by atoms with Gasteiger partial charge >= 0.3 is 0 Å². The first-order chi connectivity index (χ1) is 14.8. The zero-order chi connectivity index (χ0) is 22.4. The first-order valence-electron chi connectivity index (χ1n) is 10.3. The lowest BCUT2D eigenvalue weighted by Gasteiger charge is -2.23. The fourth-order valence-corrected chi connectivity index (χ4v) is 4.59. The second-order valence-electron chi connectivity index (χ2n) is 7.93. The van der Waals surface area contributed by atoms with E-state index in [1.54, 1.807) is 6.07 Å². The van der Waals surface area contributed by atoms with Crippen molar-refractivity contribution in [3.8, 4) is 5.75 Å². The number of rotatable bonds is 8. The fraction of sp³-hybridized carbons (Fsp3) is 0.320. The molecule has 31 heavy (non-hydrogen) atoms. The summed E-state index contributed by atoms with van der Waals surface area (Å²) in [7, 11) is 0. The number of aromatic hydroxyl groups is 1. The molecule has 0 aromatic heterocycles. The third-order valence-electron chi connectivity index (χ3n) is 5.18. The molecular weight excluding hydrogens is 478 g/mol. The smallest absolute Gasteiger partial charge is 0.258 e. The largest absolute Gasteiger partial charge is 0.508 e. The van der Waals surface area contributed by atoms with Gasteiger partial charge in [0, 0.05) is 17.4 Å². The van der Waals surface area contributed by atoms with Gasteiger partial charge in [0.2, 0.25) is 0 Å². The molecule has 0 fully saturated rings. The average molecular weight is 505 g/mol. The minimum absolute atomic E-state index is 0.0480. The quantitative estimate of drug-likeness (QED) is 0.438. The Morgan fingerprint density at radius 3 is 2.65 bits per heavy atom. The summed E-state index contributed by atoms with van der Waals surface area (Å²) < 4.78 is 6.58. The van der Waals surface area contributed by atoms with Crippen molar-refractivity contribution in [1.82, 2.24) is 5.32 Å². The molecule has 0 radical (unpaired) electrons. The maximum absolute atomic E-state index is 12.1. The van der Waals surface area contributed by atoms with Gasteiger partial charge in [-0.2, -0.15) is 0 Å². The van der Waals surface area contributed by atoms with Crippen LogP contribution < -0.4 is 5.32 Å². The second kappa shape index (κ2) is 10.9. The molecule has 3 rings (SSSR count). The Morgan fingerprint density at radius 2 is 1.97 bits per heavy atom. The van der Waals surface area contributed by atoms with E-state index in [9.17, 15) is 9.90 Å². The third kappa shape index (κ3) is 6.62. The highest BCUT2D eigenvalue weighted by Gasteiger charge is 2.23. The Kier molecular flexibility index (Phi) is 8.22. The minimum atomic E-state index is -0.238. The zero-order valence-electron chi connectivity index (χ0n) is 17.7. The van der Waals surface area contributed by atoms with Crippen molar-refractivity contribution in [3.63, 3.8) is 0 Å². The molecular formula is C25H27BrClNO3. The van der Waals surface area contributed by atoms with Gasteiger partial charge < -0.3 is 15.2 Å². The summed E-state index contributed by atoms with van der Waals surface area (Å²) in [6.07, 6.45) is 3.09. The Morgan fingerprint density at radius 1 is 1.23 bits per heavy atom. The van der Waals surface area contributed by atoms with Gasteiger partial charge in [-0.05, 0) is 46.7 Å². The van der Waals surface area contributed by atoms with Crippen molar-refractivity contribution in [1.29, 1.82) is 0 Å². The third-order valence-corrected chi connectivity index (χ3v) is 6.34. The molecule has 0 saturated heterocycles. The first-order valence-corrected chi connectivity index (χ1v) is 11.5. The van der Waals surface area contributed by atoms with Crippen molar-refractivity contribution in [2.24, 2.45) is 0 Å². The van der Waals surface area contributed by atoms with Gasteiger partial charge in [0.25, 0.3) is 5.91 Å². The molecule has 6 heteroatoms. The Bertz CT molecular complexity index is 986. The van der Waals surface area contributed by atoms with E-state index < -0.39 is 0 Å². The fourth-order valence-electron chi connectivity index (χ4n) is 3.44. The number of alkyl halides is 1. The van der Waals surface area contributed by atoms with Crippen molar-refractivity contribution in [2.75, 3.05) is 6.61 Å². The van der Waals surface area contributed by atoms with E-state index in [1.165, 1.54) is 0 Å². The van der Waals surface area contributed by atoms with Gasteiger partial charge in [0.05, 0.1) is 11.1 Å². The maximum Gasteiger partial charge on any atom is 0.258 e. The number of amides is 1. The highest BCUT2D eigenvalue weighted by Crippen LogP contribution is 2.35. The summed E-state index contributed by atoms with van der Waals surface area (Å²) in [6, 6.07) is 15.4. The summed E-state index contributed by atoms with van der Waals surface area (Å²) in [5.41, 5.74) is 4.12. The van der Waals surface area contributed by atoms with Crippen LogP contribution in [0.25, 0.3) is 0 Å². The van der Waals surface area contributed by atoms with Gasteiger partial charge in [-0.1, -0.05) is 72.2 Å². The van der Waals surface area contributed by atoms with Crippen LogP contribution in [0.2, 0.25) is 0 Å². The number of carbonyl (C=O) groups excluding carboxylic acids is 1. The lowest BCUT2D eigenvalue weighted by molar-refractivity contribution is -0.124. The molecule has 2 aromatic carbocycles. The Labute approximate surface area is 197 Å². The van der Waals surface area contributed by atoms with Crippen LogP contribution in [0.1, 0.15) is 42.9 Å². The van der Waals surface area contributed by atoms with E-state index in [0.717, 1.165) is 26.7 Å². The lowest BCUT2D eigenvalue weighted by Crippen LogP contribution is -2.27. The predicted octanol–water partition coefficient (Wildman–Crippen LogP) is 5.94. The van der Waals surface area contributed by atoms with Crippen molar-refractivity contribution in [3.05, 3.63) is 87.1 Å². The van der Waals surface area contributed by atoms with E-state index in [-0.39, 0.29) is 23.8 Å². The van der Waals surface area contributed by atoms with Crippen molar-refractivity contribution >= 4 is 33.4 Å². The van der Waals surface area contributed by atoms with Crippen LogP contribution in [-0.2, 0) is 22.5 Å². The van der Waals surface area contributed by atoms with Crippen LogP contribution in [0.3, 0.4) is 0 Å². The number of halogens is 2. The van der Waals surface area contributed by atoms with Gasteiger partial charge in [-0.15, -0.1) is 11.6 Å². The van der Waals surface area contributed by atoms with Crippen LogP contribution in [0, 0.1) is 0 Å². The lowest BCUT2D eigenvalue weighted by atomic mass is 9.93. The molecule has 164 valence electrons. The summed E-state index contributed by atoms with van der Waals surface area (Å²) in [6.45, 7) is 4.54. The predicted molar refractivity (Wildman–Crippen MR) is 128 cm³/mol. The first kappa shape index (κ1) is 23.4. The maximum atomic E-state index is 12.1. The molecule has 0 heterocycles. The van der Waals surface area contributed by atoms with Crippen LogP contribution in [-0.4, -0.2) is 23.0 Å². The number of benzene rings is 2. The molecule has 2 N–H and O–H groups in total. The summed E-state index contributed by atoms with van der Waals surface area (Å²) in [4.78, 5) is 12.1. The van der Waals surface area contributed by atoms with Crippen LogP contribution in [0.15, 0.2) is 70.4 Å². The molecule has 0 saturated carbocycles. The number of nitrogens with one attached hydrogen (secondary N) is 1. The molecule has 1 amide bonds. The SMILES string of the molecule is CC(C)c1cc(CC2=C(Br)C=C(OCC(=O)NCc3ccccc3)CC2Cl)ccc1O. The number of hydrogen-bond donors (Lipinski definition) is 2. The zero-order valence-corrected chi connectivity index (χ0v) is 20.0. The molecule has 4 nitrogen and oxygen atoms in total. The van der Waals surface area contributed by atoms with Gasteiger partial charge in [0.1, 0.15) is 5.75 Å². The second-order valence-corrected chi connectivity index (χ2v) is 9.31. The highest BCUT2D eigenvalue weighted by atomic mass is 79.9. The van der Waals surface area contributed by atoms with E-state index in [0.29, 0.717) is 30.9 Å². The molecule has 1 aliphatic rings. The molecule has 1 unspecified atom stereocenters. The monoisotopic (exact) mass is 503 g/mol. The van der Waals surface area contributed by atoms with Crippen LogP contribution >= 0.6 is 27.5 Å². The van der Waals surface area contributed by atoms with Gasteiger partial charge in [-0.25, -0.2) is 0 Å². The molecule has 1 atom stereocenters. The van der Waals surface area contributed by atoms with E-state index in [4.69, 9.17) is 16.3 Å². The van der Waals surface area contributed by atoms with Crippen molar-refractivity contribution in [2.45, 2.75) is 44.5 Å². The van der Waals surface area contributed by atoms with Crippen molar-refractivity contribution < 1.29 is 14.6 Å². The summed E-state index contributed by atoms with van der Waals surface area (Å²) >= 11 is 10.3. The number of hydrogen-bond acceptors (Lipinski definition) is 3. The molecule has 0 bridgehead atoms. The van der Waals surface area contributed by atoms with E-state index >= 15 is 0 Å². The summed E-state index contributed by atoms with van der Waals surface area (Å²) in [5, 5.41) is 12.7.